The Kier molecular flexibility index (Phi) is 2.70. The predicted molar refractivity (Wildman–Crippen MR) is 66.8 cm³/mol. The zero-order valence-corrected chi connectivity index (χ0v) is 10.5. The van der Waals surface area contributed by atoms with Crippen LogP contribution in [0.15, 0.2) is 11.6 Å². The average Bonchev–Trinajstić information content (AvgIpc) is 2.59. The van der Waals surface area contributed by atoms with Crippen LogP contribution in [0.1, 0.15) is 16.7 Å². The van der Waals surface area contributed by atoms with Crippen LogP contribution in [0, 0.1) is 18.3 Å². The third-order valence-electron chi connectivity index (χ3n) is 2.12. The number of halogens is 1. The molecule has 2 nitrogen and oxygen atoms in total. The van der Waals surface area contributed by atoms with Crippen molar-refractivity contribution in [1.82, 2.24) is 4.98 Å². The van der Waals surface area contributed by atoms with E-state index in [4.69, 9.17) is 5.26 Å². The molecule has 4 heteroatoms. The molecule has 0 aromatic carbocycles. The Hall–Kier alpha value is -0.670. The monoisotopic (exact) mass is 314 g/mol. The Balaban J connectivity index is 2.86. The molecule has 2 aromatic heterocycles. The summed E-state index contributed by atoms with van der Waals surface area (Å²) in [6, 6.07) is 2.19. The first kappa shape index (κ1) is 9.87. The number of aromatic nitrogens is 1. The van der Waals surface area contributed by atoms with E-state index in [1.165, 1.54) is 5.56 Å². The smallest absolute Gasteiger partial charge is 0.101 e. The fourth-order valence-electron chi connectivity index (χ4n) is 1.37. The largest absolute Gasteiger partial charge is 0.254 e. The highest BCUT2D eigenvalue weighted by Gasteiger charge is 2.10. The predicted octanol–water partition coefficient (Wildman–Crippen LogP) is 3.41. The van der Waals surface area contributed by atoms with Crippen molar-refractivity contribution in [2.45, 2.75) is 11.4 Å². The molecule has 2 aromatic rings. The quantitative estimate of drug-likeness (QED) is 0.597. The van der Waals surface area contributed by atoms with Crippen LogP contribution in [0.3, 0.4) is 0 Å². The summed E-state index contributed by atoms with van der Waals surface area (Å²) in [5.74, 6) is 0. The summed E-state index contributed by atoms with van der Waals surface area (Å²) < 4.78 is 2.02. The molecular formula is C10H7IN2S. The third kappa shape index (κ3) is 1.41. The van der Waals surface area contributed by atoms with Crippen LogP contribution >= 0.6 is 33.9 Å². The maximum atomic E-state index is 8.93. The summed E-state index contributed by atoms with van der Waals surface area (Å²) in [6.07, 6.45) is 1.68. The second-order valence-electron chi connectivity index (χ2n) is 2.99. The number of hydrogen-bond acceptors (Lipinski definition) is 3. The van der Waals surface area contributed by atoms with Crippen molar-refractivity contribution >= 4 is 44.1 Å². The normalized spacial score (nSPS) is 10.4. The second-order valence-corrected chi connectivity index (χ2v) is 4.63. The van der Waals surface area contributed by atoms with Gasteiger partial charge < -0.3 is 0 Å². The van der Waals surface area contributed by atoms with E-state index in [0.717, 1.165) is 20.2 Å². The summed E-state index contributed by atoms with van der Waals surface area (Å²) in [7, 11) is 0. The first-order chi connectivity index (χ1) is 6.77. The van der Waals surface area contributed by atoms with Gasteiger partial charge in [0, 0.05) is 16.2 Å². The van der Waals surface area contributed by atoms with Crippen molar-refractivity contribution in [3.8, 4) is 6.07 Å². The van der Waals surface area contributed by atoms with Crippen molar-refractivity contribution in [2.24, 2.45) is 0 Å². The van der Waals surface area contributed by atoms with Gasteiger partial charge in [-0.15, -0.1) is 11.3 Å². The van der Waals surface area contributed by atoms with E-state index in [1.54, 1.807) is 17.5 Å². The van der Waals surface area contributed by atoms with E-state index in [9.17, 15) is 0 Å². The number of thiophene rings is 1. The van der Waals surface area contributed by atoms with Gasteiger partial charge in [0.2, 0.25) is 0 Å². The van der Waals surface area contributed by atoms with Gasteiger partial charge in [0.25, 0.3) is 0 Å². The highest BCUT2D eigenvalue weighted by molar-refractivity contribution is 14.1. The zero-order chi connectivity index (χ0) is 10.1. The van der Waals surface area contributed by atoms with Crippen molar-refractivity contribution in [2.75, 3.05) is 0 Å². The Morgan fingerprint density at radius 3 is 3.07 bits per heavy atom. The van der Waals surface area contributed by atoms with Gasteiger partial charge in [0.15, 0.2) is 0 Å². The van der Waals surface area contributed by atoms with Gasteiger partial charge in [-0.25, -0.2) is 0 Å². The average molecular weight is 314 g/mol. The van der Waals surface area contributed by atoms with Gasteiger partial charge >= 0.3 is 0 Å². The Morgan fingerprint density at radius 1 is 1.64 bits per heavy atom. The van der Waals surface area contributed by atoms with Crippen LogP contribution in [0.25, 0.3) is 10.2 Å². The lowest BCUT2D eigenvalue weighted by atomic mass is 10.1. The van der Waals surface area contributed by atoms with Crippen molar-refractivity contribution in [3.63, 3.8) is 0 Å². The van der Waals surface area contributed by atoms with E-state index >= 15 is 0 Å². The molecule has 0 radical (unpaired) electrons. The number of nitrogens with zero attached hydrogens (tertiary/aromatic N) is 2. The molecule has 2 rings (SSSR count). The number of alkyl halides is 1. The highest BCUT2D eigenvalue weighted by atomic mass is 127. The van der Waals surface area contributed by atoms with Gasteiger partial charge in [-0.05, 0) is 17.9 Å². The van der Waals surface area contributed by atoms with E-state index in [-0.39, 0.29) is 0 Å². The Morgan fingerprint density at radius 2 is 2.43 bits per heavy atom. The number of rotatable bonds is 1. The lowest BCUT2D eigenvalue weighted by Crippen LogP contribution is -1.88. The Labute approximate surface area is 99.7 Å². The molecule has 0 bridgehead atoms. The molecule has 70 valence electrons. The summed E-state index contributed by atoms with van der Waals surface area (Å²) >= 11 is 3.96. The van der Waals surface area contributed by atoms with Crippen molar-refractivity contribution < 1.29 is 0 Å². The number of fused-ring (bicyclic) bond motifs is 1. The van der Waals surface area contributed by atoms with Crippen molar-refractivity contribution in [1.29, 1.82) is 5.26 Å². The molecule has 0 N–H and O–H groups in total. The summed E-state index contributed by atoms with van der Waals surface area (Å²) in [4.78, 5) is 4.30. The first-order valence-electron chi connectivity index (χ1n) is 4.09. The van der Waals surface area contributed by atoms with Gasteiger partial charge in [0.05, 0.1) is 15.8 Å². The molecular weight excluding hydrogens is 307 g/mol. The van der Waals surface area contributed by atoms with Crippen LogP contribution in [-0.4, -0.2) is 4.98 Å². The van der Waals surface area contributed by atoms with E-state index < -0.39 is 0 Å². The molecule has 0 spiro atoms. The molecule has 0 saturated heterocycles. The maximum Gasteiger partial charge on any atom is 0.101 e. The first-order valence-corrected chi connectivity index (χ1v) is 6.50. The van der Waals surface area contributed by atoms with Crippen molar-refractivity contribution in [3.05, 3.63) is 28.3 Å². The summed E-state index contributed by atoms with van der Waals surface area (Å²) in [5, 5.41) is 11.0. The zero-order valence-electron chi connectivity index (χ0n) is 7.54. The lowest BCUT2D eigenvalue weighted by Gasteiger charge is -2.00. The standard InChI is InChI=1S/C10H7IN2S/c1-6-5-14-10-8(2-11)7(3-12)4-13-9(6)10/h4-5H,2H2,1H3. The van der Waals surface area contributed by atoms with E-state index in [2.05, 4.69) is 45.9 Å². The van der Waals surface area contributed by atoms with Gasteiger partial charge in [-0.1, -0.05) is 22.6 Å². The molecule has 14 heavy (non-hydrogen) atoms. The Bertz CT molecular complexity index is 525. The van der Waals surface area contributed by atoms with E-state index in [0.29, 0.717) is 5.56 Å². The highest BCUT2D eigenvalue weighted by Crippen LogP contribution is 2.30. The fourth-order valence-corrected chi connectivity index (χ4v) is 3.48. The number of hydrogen-bond donors (Lipinski definition) is 0. The topological polar surface area (TPSA) is 36.7 Å². The molecule has 0 unspecified atom stereocenters. The molecule has 0 saturated carbocycles. The minimum absolute atomic E-state index is 0.703. The second kappa shape index (κ2) is 3.83. The van der Waals surface area contributed by atoms with Crippen LogP contribution in [-0.2, 0) is 4.43 Å². The van der Waals surface area contributed by atoms with Gasteiger partial charge in [-0.3, -0.25) is 4.98 Å². The molecule has 0 atom stereocenters. The number of nitriles is 1. The van der Waals surface area contributed by atoms with Gasteiger partial charge in [0.1, 0.15) is 6.07 Å². The van der Waals surface area contributed by atoms with Crippen LogP contribution in [0.2, 0.25) is 0 Å². The maximum absolute atomic E-state index is 8.93. The van der Waals surface area contributed by atoms with E-state index in [1.807, 2.05) is 0 Å². The molecule has 0 aliphatic heterocycles. The molecule has 0 aliphatic carbocycles. The molecule has 0 fully saturated rings. The summed E-state index contributed by atoms with van der Waals surface area (Å²) in [5.41, 5.74) is 4.06. The molecule has 0 amide bonds. The minimum Gasteiger partial charge on any atom is -0.254 e. The fraction of sp³-hybridized carbons (Fsp3) is 0.200. The van der Waals surface area contributed by atoms with Crippen LogP contribution in [0.5, 0.6) is 0 Å². The van der Waals surface area contributed by atoms with Crippen LogP contribution in [0.4, 0.5) is 0 Å². The third-order valence-corrected chi connectivity index (χ3v) is 4.03. The van der Waals surface area contributed by atoms with Crippen LogP contribution < -0.4 is 0 Å². The molecule has 0 aliphatic rings. The summed E-state index contributed by atoms with van der Waals surface area (Å²) in [6.45, 7) is 2.05. The number of aryl methyl sites for hydroxylation is 1. The SMILES string of the molecule is Cc1csc2c(CI)c(C#N)cnc12. The molecule has 2 heterocycles. The lowest BCUT2D eigenvalue weighted by molar-refractivity contribution is 1.32. The number of pyridine rings is 1. The minimum atomic E-state index is 0.703. The van der Waals surface area contributed by atoms with Gasteiger partial charge in [-0.2, -0.15) is 5.26 Å².